The molecule has 2 aromatic rings. The molecule has 3 rings (SSSR count). The molecule has 2 heterocycles. The Kier molecular flexibility index (Phi) is 9.25. The molecule has 13 nitrogen and oxygen atoms in total. The van der Waals surface area contributed by atoms with Crippen LogP contribution in [-0.2, 0) is 32.2 Å². The molecule has 2 atom stereocenters. The van der Waals surface area contributed by atoms with Crippen LogP contribution in [0.3, 0.4) is 0 Å². The number of nitrogens with two attached hydrogens (primary N) is 1. The molecule has 196 valence electrons. The molecule has 1 aliphatic heterocycles. The van der Waals surface area contributed by atoms with Crippen LogP contribution in [0.15, 0.2) is 30.3 Å². The van der Waals surface area contributed by atoms with Crippen molar-refractivity contribution >= 4 is 18.2 Å². The van der Waals surface area contributed by atoms with Gasteiger partial charge in [0.05, 0.1) is 31.8 Å². The molecule has 1 fully saturated rings. The van der Waals surface area contributed by atoms with Crippen LogP contribution in [0.1, 0.15) is 37.7 Å². The zero-order valence-electron chi connectivity index (χ0n) is 20.1. The topological polar surface area (TPSA) is 164 Å². The van der Waals surface area contributed by atoms with Crippen LogP contribution in [0.2, 0.25) is 0 Å². The van der Waals surface area contributed by atoms with Crippen molar-refractivity contribution < 1.29 is 33.0 Å². The number of carbonyl (C=O) groups excluding carboxylic acids is 3. The lowest BCUT2D eigenvalue weighted by Gasteiger charge is -2.24. The molecule has 3 N–H and O–H groups in total. The summed E-state index contributed by atoms with van der Waals surface area (Å²) in [6.07, 6.45) is -2.89. The van der Waals surface area contributed by atoms with Crippen LogP contribution in [0, 0.1) is 0 Å². The predicted octanol–water partition coefficient (Wildman–Crippen LogP) is 1.10. The van der Waals surface area contributed by atoms with E-state index in [1.54, 1.807) is 13.8 Å². The van der Waals surface area contributed by atoms with Gasteiger partial charge in [-0.25, -0.2) is 14.3 Å². The van der Waals surface area contributed by atoms with E-state index in [0.717, 1.165) is 5.56 Å². The van der Waals surface area contributed by atoms with E-state index in [0.29, 0.717) is 18.9 Å². The summed E-state index contributed by atoms with van der Waals surface area (Å²) in [5, 5.41) is 14.4. The Hall–Kier alpha value is -3.65. The molecule has 0 unspecified atom stereocenters. The first-order valence-corrected chi connectivity index (χ1v) is 11.4. The van der Waals surface area contributed by atoms with Crippen molar-refractivity contribution in [3.63, 3.8) is 0 Å². The summed E-state index contributed by atoms with van der Waals surface area (Å²) in [5.41, 5.74) is 5.74. The molecule has 1 saturated heterocycles. The fourth-order valence-electron chi connectivity index (χ4n) is 3.45. The van der Waals surface area contributed by atoms with Gasteiger partial charge in [-0.1, -0.05) is 30.3 Å². The van der Waals surface area contributed by atoms with E-state index in [1.165, 1.54) is 9.58 Å². The van der Waals surface area contributed by atoms with Gasteiger partial charge in [0.15, 0.2) is 5.82 Å². The summed E-state index contributed by atoms with van der Waals surface area (Å²) in [6.45, 7) is 3.87. The molecular weight excluding hydrogens is 477 g/mol. The third kappa shape index (κ3) is 7.95. The van der Waals surface area contributed by atoms with E-state index >= 15 is 0 Å². The molecule has 1 aromatic carbocycles. The van der Waals surface area contributed by atoms with Crippen LogP contribution >= 0.6 is 0 Å². The fourth-order valence-corrected chi connectivity index (χ4v) is 3.45. The number of ether oxygens (including phenoxy) is 3. The lowest BCUT2D eigenvalue weighted by molar-refractivity contribution is -0.126. The van der Waals surface area contributed by atoms with E-state index in [2.05, 4.69) is 25.6 Å². The first kappa shape index (κ1) is 26.9. The Morgan fingerprint density at radius 1 is 1.28 bits per heavy atom. The number of benzene rings is 1. The quantitative estimate of drug-likeness (QED) is 0.421. The van der Waals surface area contributed by atoms with Crippen molar-refractivity contribution in [2.24, 2.45) is 5.73 Å². The average molecular weight is 508 g/mol. The highest BCUT2D eigenvalue weighted by Crippen LogP contribution is 2.16. The molecule has 0 radical (unpaired) electrons. The SMILES string of the molecule is CC(C)(N)C(=O)N[C@H](COCc1ccccc1)c1nnnn1CCOC(=O)N1CC[C@@H](OC(=O)F)C1. The van der Waals surface area contributed by atoms with Crippen LogP contribution < -0.4 is 11.1 Å². The van der Waals surface area contributed by atoms with Gasteiger partial charge in [-0.3, -0.25) is 4.79 Å². The summed E-state index contributed by atoms with van der Waals surface area (Å²) in [5.74, 6) is -0.123. The minimum atomic E-state index is -1.88. The van der Waals surface area contributed by atoms with Gasteiger partial charge in [0.2, 0.25) is 5.91 Å². The minimum Gasteiger partial charge on any atom is -0.447 e. The molecular formula is C22H30FN7O6. The Morgan fingerprint density at radius 3 is 2.72 bits per heavy atom. The third-order valence-corrected chi connectivity index (χ3v) is 5.35. The number of likely N-dealkylation sites (tertiary alicyclic amines) is 1. The monoisotopic (exact) mass is 507 g/mol. The molecule has 0 bridgehead atoms. The van der Waals surface area contributed by atoms with Gasteiger partial charge in [-0.15, -0.1) is 9.49 Å². The second kappa shape index (κ2) is 12.4. The zero-order chi connectivity index (χ0) is 26.1. The van der Waals surface area contributed by atoms with Gasteiger partial charge in [0.25, 0.3) is 0 Å². The van der Waals surface area contributed by atoms with Crippen molar-refractivity contribution in [3.8, 4) is 0 Å². The van der Waals surface area contributed by atoms with Gasteiger partial charge in [-0.05, 0) is 29.8 Å². The molecule has 2 amide bonds. The number of hydrogen-bond donors (Lipinski definition) is 2. The Balaban J connectivity index is 1.57. The Bertz CT molecular complexity index is 1030. The van der Waals surface area contributed by atoms with Gasteiger partial charge in [-0.2, -0.15) is 0 Å². The van der Waals surface area contributed by atoms with Crippen molar-refractivity contribution in [2.45, 2.75) is 51.1 Å². The zero-order valence-corrected chi connectivity index (χ0v) is 20.1. The summed E-state index contributed by atoms with van der Waals surface area (Å²) in [4.78, 5) is 36.6. The van der Waals surface area contributed by atoms with Gasteiger partial charge in [0.1, 0.15) is 18.8 Å². The molecule has 36 heavy (non-hydrogen) atoms. The number of carbonyl (C=O) groups is 3. The number of hydrogen-bond acceptors (Lipinski definition) is 10. The number of tetrazole rings is 1. The maximum atomic E-state index is 12.6. The van der Waals surface area contributed by atoms with Crippen LogP contribution in [0.5, 0.6) is 0 Å². The van der Waals surface area contributed by atoms with Crippen LogP contribution in [0.4, 0.5) is 14.0 Å². The van der Waals surface area contributed by atoms with Gasteiger partial charge >= 0.3 is 12.3 Å². The predicted molar refractivity (Wildman–Crippen MR) is 122 cm³/mol. The highest BCUT2D eigenvalue weighted by atomic mass is 19.1. The van der Waals surface area contributed by atoms with E-state index in [1.807, 2.05) is 30.3 Å². The highest BCUT2D eigenvalue weighted by Gasteiger charge is 2.31. The normalized spacial score (nSPS) is 16.4. The van der Waals surface area contributed by atoms with Crippen molar-refractivity contribution in [1.82, 2.24) is 30.4 Å². The van der Waals surface area contributed by atoms with Crippen LogP contribution in [0.25, 0.3) is 0 Å². The minimum absolute atomic E-state index is 0.0480. The van der Waals surface area contributed by atoms with Gasteiger partial charge in [0, 0.05) is 13.0 Å². The molecule has 14 heteroatoms. The first-order chi connectivity index (χ1) is 17.1. The van der Waals surface area contributed by atoms with E-state index < -0.39 is 35.9 Å². The largest absolute Gasteiger partial charge is 0.495 e. The molecule has 1 aliphatic rings. The second-order valence-corrected chi connectivity index (χ2v) is 8.84. The Morgan fingerprint density at radius 2 is 2.03 bits per heavy atom. The summed E-state index contributed by atoms with van der Waals surface area (Å²) < 4.78 is 29.3. The number of nitrogens with zero attached hydrogens (tertiary/aromatic N) is 5. The number of amides is 2. The highest BCUT2D eigenvalue weighted by molar-refractivity contribution is 5.85. The molecule has 1 aromatic heterocycles. The maximum absolute atomic E-state index is 12.6. The van der Waals surface area contributed by atoms with E-state index in [-0.39, 0.29) is 32.8 Å². The molecule has 0 spiro atoms. The lowest BCUT2D eigenvalue weighted by Crippen LogP contribution is -2.51. The second-order valence-electron chi connectivity index (χ2n) is 8.84. The third-order valence-electron chi connectivity index (χ3n) is 5.35. The molecule has 0 saturated carbocycles. The maximum Gasteiger partial charge on any atom is 0.495 e. The van der Waals surface area contributed by atoms with Crippen molar-refractivity contribution in [1.29, 1.82) is 0 Å². The fraction of sp³-hybridized carbons (Fsp3) is 0.545. The standard InChI is InChI=1S/C22H30FN7O6/c1-22(2,24)19(31)25-17(14-34-13-15-6-4-3-5-7-15)18-26-27-28-30(18)10-11-35-21(33)29-9-8-16(12-29)36-20(23)32/h3-7,16-17H,8-14,24H2,1-2H3,(H,25,31)/t16-,17-/m1/s1. The lowest BCUT2D eigenvalue weighted by atomic mass is 10.1. The summed E-state index contributed by atoms with van der Waals surface area (Å²) in [7, 11) is 0. The number of nitrogens with one attached hydrogen (secondary N) is 1. The summed E-state index contributed by atoms with van der Waals surface area (Å²) in [6, 6.07) is 8.80. The van der Waals surface area contributed by atoms with E-state index in [9.17, 15) is 18.8 Å². The average Bonchev–Trinajstić information content (AvgIpc) is 3.48. The number of rotatable bonds is 11. The smallest absolute Gasteiger partial charge is 0.447 e. The summed E-state index contributed by atoms with van der Waals surface area (Å²) >= 11 is 0. The number of halogens is 1. The number of aromatic nitrogens is 4. The molecule has 0 aliphatic carbocycles. The van der Waals surface area contributed by atoms with Crippen molar-refractivity contribution in [3.05, 3.63) is 41.7 Å². The Labute approximate surface area is 207 Å². The van der Waals surface area contributed by atoms with E-state index in [4.69, 9.17) is 15.2 Å². The first-order valence-electron chi connectivity index (χ1n) is 11.4. The van der Waals surface area contributed by atoms with Crippen molar-refractivity contribution in [2.75, 3.05) is 26.3 Å². The van der Waals surface area contributed by atoms with Gasteiger partial charge < -0.3 is 30.2 Å². The van der Waals surface area contributed by atoms with Crippen LogP contribution in [-0.4, -0.2) is 81.3 Å².